The third-order valence-electron chi connectivity index (χ3n) is 2.72. The van der Waals surface area contributed by atoms with Crippen LogP contribution in [0.3, 0.4) is 0 Å². The molecule has 20 heavy (non-hydrogen) atoms. The Balaban J connectivity index is 2.09. The molecule has 0 saturated carbocycles. The average molecular weight is 294 g/mol. The number of benzene rings is 1. The van der Waals surface area contributed by atoms with E-state index >= 15 is 0 Å². The van der Waals surface area contributed by atoms with E-state index in [0.717, 1.165) is 23.3 Å². The van der Waals surface area contributed by atoms with E-state index in [4.69, 9.17) is 0 Å². The summed E-state index contributed by atoms with van der Waals surface area (Å²) in [5.41, 5.74) is 4.26. The Kier molecular flexibility index (Phi) is 4.86. The van der Waals surface area contributed by atoms with Gasteiger partial charge in [-0.3, -0.25) is 0 Å². The van der Waals surface area contributed by atoms with Crippen LogP contribution >= 0.6 is 11.8 Å². The lowest BCUT2D eigenvalue weighted by molar-refractivity contribution is 0.183. The van der Waals surface area contributed by atoms with Crippen LogP contribution in [0.5, 0.6) is 0 Å². The van der Waals surface area contributed by atoms with Crippen LogP contribution < -0.4 is 5.43 Å². The van der Waals surface area contributed by atoms with Gasteiger partial charge in [0.2, 0.25) is 0 Å². The maximum atomic E-state index is 11.2. The normalized spacial score (nSPS) is 11.0. The van der Waals surface area contributed by atoms with Crippen molar-refractivity contribution in [3.63, 3.8) is 0 Å². The smallest absolute Gasteiger partial charge is 0.426 e. The highest BCUT2D eigenvalue weighted by Gasteiger charge is 2.07. The summed E-state index contributed by atoms with van der Waals surface area (Å²) in [6, 6.07) is 5.99. The van der Waals surface area contributed by atoms with Crippen LogP contribution in [0.4, 0.5) is 4.79 Å². The zero-order valence-electron chi connectivity index (χ0n) is 11.8. The molecule has 6 nitrogen and oxygen atoms in total. The number of methoxy groups -OCH3 is 1. The number of fused-ring (bicyclic) bond motifs is 1. The Morgan fingerprint density at radius 2 is 2.30 bits per heavy atom. The standard InChI is InChI=1S/C13H18N4O2S/c1-16(2)6-7-20-10-4-5-12-11(8-10)14-9-17(12)15-13(18)19-3/h4-5,8-9H,6-7H2,1-3H3,(H,15,18). The predicted octanol–water partition coefficient (Wildman–Crippen LogP) is 2.00. The first-order valence-electron chi connectivity index (χ1n) is 6.20. The first-order valence-corrected chi connectivity index (χ1v) is 7.18. The summed E-state index contributed by atoms with van der Waals surface area (Å²) in [5, 5.41) is 0. The summed E-state index contributed by atoms with van der Waals surface area (Å²) in [7, 11) is 5.45. The number of carbonyl (C=O) groups excluding carboxylic acids is 1. The van der Waals surface area contributed by atoms with Crippen LogP contribution in [0.1, 0.15) is 0 Å². The number of amides is 1. The summed E-state index contributed by atoms with van der Waals surface area (Å²) in [4.78, 5) is 18.8. The van der Waals surface area contributed by atoms with E-state index in [1.54, 1.807) is 22.8 Å². The van der Waals surface area contributed by atoms with Gasteiger partial charge >= 0.3 is 6.09 Å². The van der Waals surface area contributed by atoms with Crippen molar-refractivity contribution in [2.24, 2.45) is 0 Å². The van der Waals surface area contributed by atoms with Gasteiger partial charge in [-0.2, -0.15) is 0 Å². The number of carbonyl (C=O) groups is 1. The molecule has 1 aromatic heterocycles. The molecule has 0 aliphatic rings. The molecule has 0 radical (unpaired) electrons. The first-order chi connectivity index (χ1) is 9.60. The van der Waals surface area contributed by atoms with Crippen molar-refractivity contribution in [1.29, 1.82) is 0 Å². The molecule has 1 amide bonds. The molecule has 0 saturated heterocycles. The molecule has 0 aliphatic heterocycles. The van der Waals surface area contributed by atoms with Gasteiger partial charge < -0.3 is 9.64 Å². The van der Waals surface area contributed by atoms with Gasteiger partial charge in [0.25, 0.3) is 0 Å². The first kappa shape index (κ1) is 14.7. The molecule has 0 atom stereocenters. The van der Waals surface area contributed by atoms with Gasteiger partial charge in [0, 0.05) is 17.2 Å². The monoisotopic (exact) mass is 294 g/mol. The van der Waals surface area contributed by atoms with Crippen molar-refractivity contribution in [2.75, 3.05) is 38.9 Å². The van der Waals surface area contributed by atoms with Crippen molar-refractivity contribution in [1.82, 2.24) is 14.6 Å². The Hall–Kier alpha value is -1.73. The summed E-state index contributed by atoms with van der Waals surface area (Å²) in [6.07, 6.45) is 1.05. The van der Waals surface area contributed by atoms with E-state index < -0.39 is 6.09 Å². The van der Waals surface area contributed by atoms with Gasteiger partial charge in [0.05, 0.1) is 18.1 Å². The molecule has 1 aromatic carbocycles. The second-order valence-corrected chi connectivity index (χ2v) is 5.69. The number of hydrogen-bond donors (Lipinski definition) is 1. The van der Waals surface area contributed by atoms with Crippen LogP contribution in [0.2, 0.25) is 0 Å². The maximum Gasteiger partial charge on any atom is 0.426 e. The molecule has 0 unspecified atom stereocenters. The zero-order valence-corrected chi connectivity index (χ0v) is 12.6. The van der Waals surface area contributed by atoms with E-state index in [0.29, 0.717) is 0 Å². The number of aromatic nitrogens is 2. The summed E-state index contributed by atoms with van der Waals surface area (Å²) >= 11 is 1.79. The molecule has 1 heterocycles. The Morgan fingerprint density at radius 3 is 3.00 bits per heavy atom. The maximum absolute atomic E-state index is 11.2. The SMILES string of the molecule is COC(=O)Nn1cnc2cc(SCCN(C)C)ccc21. The minimum absolute atomic E-state index is 0.520. The molecule has 1 N–H and O–H groups in total. The number of nitrogens with zero attached hydrogens (tertiary/aromatic N) is 3. The third kappa shape index (κ3) is 3.64. The highest BCUT2D eigenvalue weighted by atomic mass is 32.2. The molecule has 7 heteroatoms. The molecule has 0 bridgehead atoms. The number of ether oxygens (including phenoxy) is 1. The van der Waals surface area contributed by atoms with Crippen LogP contribution in [0.15, 0.2) is 29.4 Å². The highest BCUT2D eigenvalue weighted by Crippen LogP contribution is 2.22. The second kappa shape index (κ2) is 6.62. The molecule has 0 fully saturated rings. The van der Waals surface area contributed by atoms with Crippen molar-refractivity contribution in [3.8, 4) is 0 Å². The minimum Gasteiger partial charge on any atom is -0.452 e. The third-order valence-corrected chi connectivity index (χ3v) is 3.70. The molecule has 2 aromatic rings. The van der Waals surface area contributed by atoms with Crippen LogP contribution in [0.25, 0.3) is 11.0 Å². The topological polar surface area (TPSA) is 59.4 Å². The average Bonchev–Trinajstić information content (AvgIpc) is 2.81. The number of imidazole rings is 1. The largest absolute Gasteiger partial charge is 0.452 e. The van der Waals surface area contributed by atoms with Gasteiger partial charge in [-0.15, -0.1) is 11.8 Å². The Morgan fingerprint density at radius 1 is 1.50 bits per heavy atom. The molecule has 108 valence electrons. The van der Waals surface area contributed by atoms with Crippen LogP contribution in [0, 0.1) is 0 Å². The fourth-order valence-corrected chi connectivity index (χ4v) is 2.71. The van der Waals surface area contributed by atoms with E-state index in [-0.39, 0.29) is 0 Å². The summed E-state index contributed by atoms with van der Waals surface area (Å²) < 4.78 is 6.12. The van der Waals surface area contributed by atoms with Crippen molar-refractivity contribution < 1.29 is 9.53 Å². The number of hydrogen-bond acceptors (Lipinski definition) is 5. The minimum atomic E-state index is -0.520. The van der Waals surface area contributed by atoms with Gasteiger partial charge in [0.1, 0.15) is 6.33 Å². The van der Waals surface area contributed by atoms with Crippen molar-refractivity contribution >= 4 is 28.9 Å². The summed E-state index contributed by atoms with van der Waals surface area (Å²) in [5.74, 6) is 1.03. The lowest BCUT2D eigenvalue weighted by Crippen LogP contribution is -2.21. The lowest BCUT2D eigenvalue weighted by Gasteiger charge is -2.09. The predicted molar refractivity (Wildman–Crippen MR) is 80.8 cm³/mol. The zero-order chi connectivity index (χ0) is 14.5. The van der Waals surface area contributed by atoms with Gasteiger partial charge in [-0.1, -0.05) is 0 Å². The van der Waals surface area contributed by atoms with Crippen molar-refractivity contribution in [3.05, 3.63) is 24.5 Å². The second-order valence-electron chi connectivity index (χ2n) is 4.52. The van der Waals surface area contributed by atoms with E-state index in [9.17, 15) is 4.79 Å². The molecule has 2 rings (SSSR count). The van der Waals surface area contributed by atoms with E-state index in [1.165, 1.54) is 12.0 Å². The molecular weight excluding hydrogens is 276 g/mol. The van der Waals surface area contributed by atoms with Crippen LogP contribution in [-0.2, 0) is 4.74 Å². The number of thioether (sulfide) groups is 1. The van der Waals surface area contributed by atoms with E-state index in [1.807, 2.05) is 18.2 Å². The molecular formula is C13H18N4O2S. The van der Waals surface area contributed by atoms with Gasteiger partial charge in [-0.25, -0.2) is 19.9 Å². The highest BCUT2D eigenvalue weighted by molar-refractivity contribution is 7.99. The van der Waals surface area contributed by atoms with Crippen LogP contribution in [-0.4, -0.2) is 54.2 Å². The fourth-order valence-electron chi connectivity index (χ4n) is 1.66. The quantitative estimate of drug-likeness (QED) is 0.855. The number of rotatable bonds is 5. The summed E-state index contributed by atoms with van der Waals surface area (Å²) in [6.45, 7) is 1.03. The number of nitrogens with one attached hydrogen (secondary N) is 1. The fraction of sp³-hybridized carbons (Fsp3) is 0.385. The molecule has 0 aliphatic carbocycles. The Labute approximate surface area is 122 Å². The Bertz CT molecular complexity index is 597. The van der Waals surface area contributed by atoms with Gasteiger partial charge in [0.15, 0.2) is 0 Å². The van der Waals surface area contributed by atoms with Gasteiger partial charge in [-0.05, 0) is 32.3 Å². The van der Waals surface area contributed by atoms with E-state index in [2.05, 4.69) is 34.1 Å². The van der Waals surface area contributed by atoms with Crippen molar-refractivity contribution in [2.45, 2.75) is 4.90 Å². The lowest BCUT2D eigenvalue weighted by atomic mass is 10.3. The molecule has 0 spiro atoms.